The van der Waals surface area contributed by atoms with Crippen molar-refractivity contribution in [1.29, 1.82) is 0 Å². The van der Waals surface area contributed by atoms with Gasteiger partial charge < -0.3 is 19.7 Å². The van der Waals surface area contributed by atoms with Gasteiger partial charge >= 0.3 is 5.97 Å². The van der Waals surface area contributed by atoms with Gasteiger partial charge in [-0.25, -0.2) is 0 Å². The van der Waals surface area contributed by atoms with Crippen molar-refractivity contribution < 1.29 is 38.9 Å². The Kier molecular flexibility index (Phi) is 6.53. The Morgan fingerprint density at radius 1 is 1.05 bits per heavy atom. The number of aliphatic hydroxyl groups excluding tert-OH is 1. The van der Waals surface area contributed by atoms with E-state index in [9.17, 15) is 29.4 Å². The summed E-state index contributed by atoms with van der Waals surface area (Å²) in [5.74, 6) is -5.05. The molecule has 0 aromatic heterocycles. The minimum Gasteiger partial charge on any atom is -0.460 e. The molecule has 0 amide bonds. The van der Waals surface area contributed by atoms with Crippen LogP contribution in [0.3, 0.4) is 0 Å². The van der Waals surface area contributed by atoms with Gasteiger partial charge in [-0.15, -0.1) is 0 Å². The molecule has 2 heterocycles. The predicted molar refractivity (Wildman–Crippen MR) is 154 cm³/mol. The van der Waals surface area contributed by atoms with Gasteiger partial charge in [0.1, 0.15) is 23.4 Å². The van der Waals surface area contributed by atoms with Crippen molar-refractivity contribution in [3.05, 3.63) is 48.0 Å². The van der Waals surface area contributed by atoms with Gasteiger partial charge in [-0.1, -0.05) is 50.8 Å². The van der Waals surface area contributed by atoms with E-state index in [0.717, 1.165) is 0 Å². The van der Waals surface area contributed by atoms with Crippen molar-refractivity contribution in [2.24, 2.45) is 45.8 Å². The summed E-state index contributed by atoms with van der Waals surface area (Å²) in [5, 5.41) is 24.2. The number of hydrogen-bond donors (Lipinski definition) is 2. The number of benzene rings is 1. The maximum Gasteiger partial charge on any atom is 0.309 e. The average molecular weight is 591 g/mol. The van der Waals surface area contributed by atoms with Crippen LogP contribution >= 0.6 is 0 Å². The highest BCUT2D eigenvalue weighted by Crippen LogP contribution is 2.76. The largest absolute Gasteiger partial charge is 0.460 e. The van der Waals surface area contributed by atoms with E-state index in [4.69, 9.17) is 9.47 Å². The molecule has 0 unspecified atom stereocenters. The van der Waals surface area contributed by atoms with Crippen LogP contribution < -0.4 is 0 Å². The normalized spacial score (nSPS) is 44.5. The second-order valence-electron chi connectivity index (χ2n) is 14.9. The fraction of sp³-hybridized carbons (Fsp3) is 0.657. The molecule has 0 radical (unpaired) electrons. The number of aliphatic hydroxyl groups is 2. The summed E-state index contributed by atoms with van der Waals surface area (Å²) in [4.78, 5) is 54.7. The quantitative estimate of drug-likeness (QED) is 0.297. The first-order valence-corrected chi connectivity index (χ1v) is 16.0. The van der Waals surface area contributed by atoms with Crippen LogP contribution in [0.1, 0.15) is 82.0 Å². The van der Waals surface area contributed by atoms with Gasteiger partial charge in [-0.2, -0.15) is 0 Å². The standard InChI is InChI=1S/C35H42O8/c1-19-23-13-14-25-33-18-42-35(41,29(39)27(33)32(2,3)16-15-26(33)37)34(25,28(19)38)30(23)43-31(40)22-11-9-20(10-12-22)17-24(36)21-7-5-4-6-8-21/h4-8,20,22-23,25,27,29-30,39,41H,1,9-18H2,2-3H3/t20?,22?,23-,25-,27+,29-,30+,33+,34-,35-/m0/s1. The Balaban J connectivity index is 1.15. The molecule has 4 bridgehead atoms. The van der Waals surface area contributed by atoms with Gasteiger partial charge in [0.05, 0.1) is 17.9 Å². The first-order valence-electron chi connectivity index (χ1n) is 16.0. The molecule has 2 spiro atoms. The first kappa shape index (κ1) is 29.1. The maximum absolute atomic E-state index is 14.3. The van der Waals surface area contributed by atoms with Crippen molar-refractivity contribution in [1.82, 2.24) is 0 Å². The molecular weight excluding hydrogens is 548 g/mol. The maximum atomic E-state index is 14.3. The van der Waals surface area contributed by atoms with Gasteiger partial charge in [-0.05, 0) is 67.8 Å². The molecular formula is C35H42O8. The summed E-state index contributed by atoms with van der Waals surface area (Å²) in [5.41, 5.74) is -2.42. The number of carbonyl (C=O) groups is 4. The van der Waals surface area contributed by atoms with Crippen LogP contribution in [0.25, 0.3) is 0 Å². The second-order valence-corrected chi connectivity index (χ2v) is 14.9. The molecule has 1 aromatic rings. The molecule has 8 rings (SSSR count). The molecule has 2 aliphatic heterocycles. The summed E-state index contributed by atoms with van der Waals surface area (Å²) >= 11 is 0. The van der Waals surface area contributed by atoms with E-state index in [1.807, 2.05) is 44.2 Å². The van der Waals surface area contributed by atoms with Crippen molar-refractivity contribution >= 4 is 23.3 Å². The van der Waals surface area contributed by atoms with Gasteiger partial charge in [0.25, 0.3) is 0 Å². The fourth-order valence-corrected chi connectivity index (χ4v) is 10.6. The molecule has 43 heavy (non-hydrogen) atoms. The lowest BCUT2D eigenvalue weighted by Gasteiger charge is -2.73. The van der Waals surface area contributed by atoms with Crippen LogP contribution in [-0.2, 0) is 23.9 Å². The topological polar surface area (TPSA) is 127 Å². The van der Waals surface area contributed by atoms with Gasteiger partial charge in [0.15, 0.2) is 11.6 Å². The third-order valence-corrected chi connectivity index (χ3v) is 12.6. The Morgan fingerprint density at radius 3 is 2.44 bits per heavy atom. The highest BCUT2D eigenvalue weighted by molar-refractivity contribution is 6.06. The SMILES string of the molecule is C=C1C(=O)[C@]23[C@H](OC(=O)C4CCC(CC(=O)c5ccccc5)CC4)[C@H]1CC[C@H]2[C@@]12CO[C@@]3(O)[C@@H](O)[C@@H]1C(C)(C)CCC2=O. The van der Waals surface area contributed by atoms with E-state index in [2.05, 4.69) is 6.58 Å². The highest BCUT2D eigenvalue weighted by atomic mass is 16.6. The molecule has 7 fully saturated rings. The smallest absolute Gasteiger partial charge is 0.309 e. The monoisotopic (exact) mass is 590 g/mol. The highest BCUT2D eigenvalue weighted by Gasteiger charge is 2.88. The number of ether oxygens (including phenoxy) is 2. The van der Waals surface area contributed by atoms with Crippen LogP contribution in [0, 0.1) is 45.8 Å². The molecule has 2 N–H and O–H groups in total. The van der Waals surface area contributed by atoms with Crippen LogP contribution in [0.2, 0.25) is 0 Å². The molecule has 1 aromatic carbocycles. The lowest BCUT2D eigenvalue weighted by atomic mass is 9.36. The van der Waals surface area contributed by atoms with E-state index in [1.165, 1.54) is 0 Å². The number of esters is 1. The Labute approximate surface area is 252 Å². The fourth-order valence-electron chi connectivity index (χ4n) is 10.6. The summed E-state index contributed by atoms with van der Waals surface area (Å²) in [7, 11) is 0. The molecule has 230 valence electrons. The van der Waals surface area contributed by atoms with E-state index in [-0.39, 0.29) is 29.7 Å². The number of ketones is 3. The lowest BCUT2D eigenvalue weighted by molar-refractivity contribution is -0.437. The molecule has 5 aliphatic carbocycles. The predicted octanol–water partition coefficient (Wildman–Crippen LogP) is 4.21. The van der Waals surface area contributed by atoms with Crippen molar-refractivity contribution in [2.45, 2.75) is 89.6 Å². The average Bonchev–Trinajstić information content (AvgIpc) is 3.10. The zero-order chi connectivity index (χ0) is 30.5. The second kappa shape index (κ2) is 9.66. The first-order chi connectivity index (χ1) is 20.4. The van der Waals surface area contributed by atoms with E-state index in [0.29, 0.717) is 63.4 Å². The van der Waals surface area contributed by atoms with Crippen LogP contribution in [0.15, 0.2) is 42.5 Å². The third kappa shape index (κ3) is 3.66. The van der Waals surface area contributed by atoms with Crippen molar-refractivity contribution in [2.75, 3.05) is 6.61 Å². The third-order valence-electron chi connectivity index (χ3n) is 12.6. The molecule has 5 saturated carbocycles. The minimum absolute atomic E-state index is 0.0424. The summed E-state index contributed by atoms with van der Waals surface area (Å²) in [6.45, 7) is 8.04. The zero-order valence-electron chi connectivity index (χ0n) is 25.1. The van der Waals surface area contributed by atoms with Crippen LogP contribution in [-0.4, -0.2) is 58.1 Å². The molecule has 2 saturated heterocycles. The van der Waals surface area contributed by atoms with E-state index >= 15 is 0 Å². The number of Topliss-reactive ketones (excluding diaryl/α,β-unsaturated/α-hetero) is 3. The van der Waals surface area contributed by atoms with Gasteiger partial charge in [0.2, 0.25) is 5.79 Å². The van der Waals surface area contributed by atoms with Crippen molar-refractivity contribution in [3.8, 4) is 0 Å². The Hall–Kier alpha value is -2.68. The van der Waals surface area contributed by atoms with Gasteiger partial charge in [-0.3, -0.25) is 19.2 Å². The molecule has 8 nitrogen and oxygen atoms in total. The van der Waals surface area contributed by atoms with E-state index in [1.54, 1.807) is 0 Å². The van der Waals surface area contributed by atoms with E-state index < -0.39 is 69.7 Å². The molecule has 8 atom stereocenters. The number of hydrogen-bond acceptors (Lipinski definition) is 8. The summed E-state index contributed by atoms with van der Waals surface area (Å²) in [6.07, 6.45) is 2.32. The number of fused-ring (bicyclic) bond motifs is 2. The molecule has 7 aliphatic rings. The lowest BCUT2D eigenvalue weighted by Crippen LogP contribution is -2.85. The van der Waals surface area contributed by atoms with Crippen LogP contribution in [0.5, 0.6) is 0 Å². The molecule has 8 heteroatoms. The zero-order valence-corrected chi connectivity index (χ0v) is 25.1. The summed E-state index contributed by atoms with van der Waals surface area (Å²) < 4.78 is 12.3. The Bertz CT molecular complexity index is 1390. The minimum atomic E-state index is -2.30. The van der Waals surface area contributed by atoms with Crippen LogP contribution in [0.4, 0.5) is 0 Å². The van der Waals surface area contributed by atoms with Crippen molar-refractivity contribution in [3.63, 3.8) is 0 Å². The summed E-state index contributed by atoms with van der Waals surface area (Å²) in [6, 6.07) is 9.23. The Morgan fingerprint density at radius 2 is 1.74 bits per heavy atom. The number of rotatable bonds is 5. The number of carbonyl (C=O) groups excluding carboxylic acids is 4. The van der Waals surface area contributed by atoms with Gasteiger partial charge in [0, 0.05) is 30.2 Å².